The predicted molar refractivity (Wildman–Crippen MR) is 106 cm³/mol. The van der Waals surface area contributed by atoms with Crippen molar-refractivity contribution in [3.8, 4) is 5.69 Å². The van der Waals surface area contributed by atoms with Crippen molar-refractivity contribution in [2.24, 2.45) is 5.92 Å². The average Bonchev–Trinajstić information content (AvgIpc) is 3.25. The highest BCUT2D eigenvalue weighted by Gasteiger charge is 2.29. The number of hydrogen-bond donors (Lipinski definition) is 0. The van der Waals surface area contributed by atoms with E-state index >= 15 is 0 Å². The fraction of sp³-hybridized carbons (Fsp3) is 0.350. The van der Waals surface area contributed by atoms with Gasteiger partial charge in [0, 0.05) is 11.3 Å². The maximum absolute atomic E-state index is 13.6. The van der Waals surface area contributed by atoms with Crippen molar-refractivity contribution in [1.82, 2.24) is 19.2 Å². The molecule has 0 amide bonds. The molecule has 138 valence electrons. The van der Waals surface area contributed by atoms with Crippen molar-refractivity contribution in [2.45, 2.75) is 39.9 Å². The van der Waals surface area contributed by atoms with E-state index in [9.17, 15) is 4.79 Å². The van der Waals surface area contributed by atoms with Gasteiger partial charge < -0.3 is 4.74 Å². The van der Waals surface area contributed by atoms with Crippen molar-refractivity contribution >= 4 is 27.3 Å². The molecule has 27 heavy (non-hydrogen) atoms. The largest absolute Gasteiger partial charge is 0.372 e. The summed E-state index contributed by atoms with van der Waals surface area (Å²) < 4.78 is 9.62. The lowest BCUT2D eigenvalue weighted by molar-refractivity contribution is 0.00200. The first kappa shape index (κ1) is 16.6. The van der Waals surface area contributed by atoms with E-state index in [1.807, 2.05) is 35.6 Å². The van der Waals surface area contributed by atoms with Crippen LogP contribution in [0.1, 0.15) is 29.9 Å². The van der Waals surface area contributed by atoms with Gasteiger partial charge in [0.1, 0.15) is 11.2 Å². The molecule has 0 N–H and O–H groups in total. The predicted octanol–water partition coefficient (Wildman–Crippen LogP) is 3.50. The van der Waals surface area contributed by atoms with Gasteiger partial charge in [0.25, 0.3) is 5.56 Å². The number of thiophene rings is 1. The molecule has 7 heteroatoms. The summed E-state index contributed by atoms with van der Waals surface area (Å²) in [6.07, 6.45) is 2.59. The number of hydrogen-bond acceptors (Lipinski definition) is 5. The Kier molecular flexibility index (Phi) is 3.70. The maximum Gasteiger partial charge on any atom is 0.268 e. The third-order valence-corrected chi connectivity index (χ3v) is 6.48. The molecule has 1 aromatic carbocycles. The summed E-state index contributed by atoms with van der Waals surface area (Å²) in [5.74, 6) is 0.948. The fourth-order valence-electron chi connectivity index (χ4n) is 3.82. The van der Waals surface area contributed by atoms with Crippen LogP contribution >= 0.6 is 11.3 Å². The summed E-state index contributed by atoms with van der Waals surface area (Å²) in [6, 6.07) is 7.92. The van der Waals surface area contributed by atoms with Gasteiger partial charge in [-0.05, 0) is 36.1 Å². The topological polar surface area (TPSA) is 61.4 Å². The summed E-state index contributed by atoms with van der Waals surface area (Å²) in [7, 11) is 0. The van der Waals surface area contributed by atoms with Crippen LogP contribution in [-0.4, -0.2) is 25.3 Å². The van der Waals surface area contributed by atoms with Gasteiger partial charge in [-0.3, -0.25) is 9.20 Å². The molecular formula is C20H20N4O2S. The molecule has 0 spiro atoms. The Morgan fingerprint density at radius 3 is 2.96 bits per heavy atom. The molecule has 0 saturated carbocycles. The summed E-state index contributed by atoms with van der Waals surface area (Å²) in [6.45, 7) is 6.90. The second kappa shape index (κ2) is 6.00. The molecule has 4 aromatic rings. The van der Waals surface area contributed by atoms with Gasteiger partial charge in [0.2, 0.25) is 5.78 Å². The summed E-state index contributed by atoms with van der Waals surface area (Å²) >= 11 is 1.61. The minimum atomic E-state index is -0.0296. The second-order valence-electron chi connectivity index (χ2n) is 7.46. The number of aryl methyl sites for hydroxylation is 1. The lowest BCUT2D eigenvalue weighted by atomic mass is 9.96. The number of benzene rings is 1. The second-order valence-corrected chi connectivity index (χ2v) is 8.55. The number of rotatable bonds is 2. The van der Waals surface area contributed by atoms with Crippen LogP contribution < -0.4 is 5.56 Å². The van der Waals surface area contributed by atoms with Crippen molar-refractivity contribution < 1.29 is 4.74 Å². The van der Waals surface area contributed by atoms with Crippen molar-refractivity contribution in [2.75, 3.05) is 0 Å². The minimum Gasteiger partial charge on any atom is -0.372 e. The lowest BCUT2D eigenvalue weighted by Gasteiger charge is -2.26. The van der Waals surface area contributed by atoms with Gasteiger partial charge in [-0.1, -0.05) is 26.0 Å². The number of fused-ring (bicyclic) bond motifs is 5. The van der Waals surface area contributed by atoms with Crippen LogP contribution in [0.15, 0.2) is 35.4 Å². The van der Waals surface area contributed by atoms with Gasteiger partial charge in [-0.2, -0.15) is 0 Å². The van der Waals surface area contributed by atoms with Crippen LogP contribution in [0.2, 0.25) is 0 Å². The Balaban J connectivity index is 1.86. The Bertz CT molecular complexity index is 1230. The monoisotopic (exact) mass is 380 g/mol. The van der Waals surface area contributed by atoms with Crippen LogP contribution in [0.5, 0.6) is 0 Å². The molecule has 4 heterocycles. The average molecular weight is 380 g/mol. The van der Waals surface area contributed by atoms with Crippen molar-refractivity contribution in [1.29, 1.82) is 0 Å². The molecule has 1 aliphatic rings. The first-order chi connectivity index (χ1) is 13.0. The highest BCUT2D eigenvalue weighted by atomic mass is 32.1. The summed E-state index contributed by atoms with van der Waals surface area (Å²) in [5, 5.41) is 9.09. The van der Waals surface area contributed by atoms with Gasteiger partial charge in [0.15, 0.2) is 0 Å². The zero-order valence-electron chi connectivity index (χ0n) is 15.5. The molecular weight excluding hydrogens is 360 g/mol. The van der Waals surface area contributed by atoms with Crippen molar-refractivity contribution in [3.63, 3.8) is 0 Å². The molecule has 0 unspecified atom stereocenters. The Hall–Kier alpha value is -2.51. The van der Waals surface area contributed by atoms with E-state index in [0.29, 0.717) is 18.3 Å². The number of nitrogens with zero attached hydrogens (tertiary/aromatic N) is 4. The first-order valence-corrected chi connectivity index (χ1v) is 9.94. The fourth-order valence-corrected chi connectivity index (χ4v) is 5.03. The lowest BCUT2D eigenvalue weighted by Crippen LogP contribution is -2.28. The number of ether oxygens (including phenoxy) is 1. The SMILES string of the molecule is Cc1cccc(-n2c(=O)c3c4c(sc3n3cnnc23)CO[C@H](C(C)C)C4)c1. The zero-order valence-corrected chi connectivity index (χ0v) is 16.3. The smallest absolute Gasteiger partial charge is 0.268 e. The molecule has 0 aliphatic carbocycles. The highest BCUT2D eigenvalue weighted by molar-refractivity contribution is 7.18. The van der Waals surface area contributed by atoms with Gasteiger partial charge in [-0.15, -0.1) is 21.5 Å². The third kappa shape index (κ3) is 2.45. The molecule has 0 saturated heterocycles. The normalized spacial score (nSPS) is 17.1. The first-order valence-electron chi connectivity index (χ1n) is 9.12. The van der Waals surface area contributed by atoms with Gasteiger partial charge in [-0.25, -0.2) is 4.57 Å². The minimum absolute atomic E-state index is 0.0296. The van der Waals surface area contributed by atoms with Gasteiger partial charge in [0.05, 0.1) is 23.8 Å². The summed E-state index contributed by atoms with van der Waals surface area (Å²) in [5.41, 5.74) is 3.00. The Morgan fingerprint density at radius 1 is 1.33 bits per heavy atom. The van der Waals surface area contributed by atoms with E-state index in [-0.39, 0.29) is 11.7 Å². The Labute approximate surface area is 160 Å². The summed E-state index contributed by atoms with van der Waals surface area (Å²) in [4.78, 5) is 15.6. The molecule has 0 fully saturated rings. The van der Waals surface area contributed by atoms with Crippen LogP contribution in [0.4, 0.5) is 0 Å². The van der Waals surface area contributed by atoms with E-state index in [2.05, 4.69) is 24.0 Å². The highest BCUT2D eigenvalue weighted by Crippen LogP contribution is 2.36. The third-order valence-electron chi connectivity index (χ3n) is 5.27. The van der Waals surface area contributed by atoms with E-state index in [1.54, 1.807) is 22.2 Å². The molecule has 6 nitrogen and oxygen atoms in total. The zero-order chi connectivity index (χ0) is 18.7. The standard InChI is InChI=1S/C20H20N4O2S/c1-11(2)15-8-14-16(9-26-15)27-19-17(14)18(25)24(20-22-21-10-23(19)20)13-6-4-5-12(3)7-13/h4-7,10-11,15H,8-9H2,1-3H3/t15-/m0/s1. The van der Waals surface area contributed by atoms with Crippen LogP contribution in [0.25, 0.3) is 21.7 Å². The van der Waals surface area contributed by atoms with E-state index in [4.69, 9.17) is 4.74 Å². The molecule has 0 bridgehead atoms. The number of aromatic nitrogens is 4. The maximum atomic E-state index is 13.6. The molecule has 5 rings (SSSR count). The van der Waals surface area contributed by atoms with Crippen LogP contribution in [-0.2, 0) is 17.8 Å². The molecule has 1 aliphatic heterocycles. The van der Waals surface area contributed by atoms with E-state index in [1.165, 1.54) is 0 Å². The molecule has 3 aromatic heterocycles. The van der Waals surface area contributed by atoms with Crippen LogP contribution in [0, 0.1) is 12.8 Å². The van der Waals surface area contributed by atoms with Crippen LogP contribution in [0.3, 0.4) is 0 Å². The molecule has 1 atom stereocenters. The Morgan fingerprint density at radius 2 is 2.19 bits per heavy atom. The van der Waals surface area contributed by atoms with E-state index in [0.717, 1.165) is 38.3 Å². The van der Waals surface area contributed by atoms with E-state index < -0.39 is 0 Å². The van der Waals surface area contributed by atoms with Gasteiger partial charge >= 0.3 is 0 Å². The molecule has 0 radical (unpaired) electrons. The van der Waals surface area contributed by atoms with Crippen molar-refractivity contribution in [3.05, 3.63) is 57.0 Å². The quantitative estimate of drug-likeness (QED) is 0.534.